The van der Waals surface area contributed by atoms with Crippen molar-refractivity contribution >= 4 is 22.5 Å². The fourth-order valence-corrected chi connectivity index (χ4v) is 3.67. The summed E-state index contributed by atoms with van der Waals surface area (Å²) in [5.41, 5.74) is 6.15. The first-order valence-electron chi connectivity index (χ1n) is 8.55. The Morgan fingerprint density at radius 3 is 3.00 bits per heavy atom. The highest BCUT2D eigenvalue weighted by Gasteiger charge is 2.27. The molecule has 0 radical (unpaired) electrons. The van der Waals surface area contributed by atoms with E-state index in [1.807, 2.05) is 6.07 Å². The Hall–Kier alpha value is -3.06. The quantitative estimate of drug-likeness (QED) is 0.743. The van der Waals surface area contributed by atoms with Gasteiger partial charge in [0, 0.05) is 28.2 Å². The normalized spacial score (nSPS) is 16.2. The van der Waals surface area contributed by atoms with Crippen LogP contribution in [0.25, 0.3) is 10.9 Å². The largest absolute Gasteiger partial charge is 0.358 e. The van der Waals surface area contributed by atoms with Gasteiger partial charge in [-0.15, -0.1) is 0 Å². The molecule has 1 unspecified atom stereocenters. The van der Waals surface area contributed by atoms with Gasteiger partial charge in [-0.25, -0.2) is 0 Å². The lowest BCUT2D eigenvalue weighted by molar-refractivity contribution is -0.120. The van der Waals surface area contributed by atoms with E-state index < -0.39 is 0 Å². The topological polar surface area (TPSA) is 68.7 Å². The number of nitrogens with zero attached hydrogens (tertiary/aromatic N) is 1. The second-order valence-corrected chi connectivity index (χ2v) is 6.75. The molecule has 1 aliphatic rings. The minimum atomic E-state index is -0.0437. The molecule has 4 nitrogen and oxygen atoms in total. The molecule has 124 valence electrons. The van der Waals surface area contributed by atoms with Crippen LogP contribution in [0.5, 0.6) is 0 Å². The van der Waals surface area contributed by atoms with Crippen LogP contribution in [-0.4, -0.2) is 10.9 Å². The van der Waals surface area contributed by atoms with E-state index in [1.165, 1.54) is 22.2 Å². The van der Waals surface area contributed by atoms with E-state index in [-0.39, 0.29) is 11.8 Å². The average Bonchev–Trinajstić information content (AvgIpc) is 2.99. The maximum Gasteiger partial charge on any atom is 0.227 e. The van der Waals surface area contributed by atoms with E-state index in [0.29, 0.717) is 11.3 Å². The summed E-state index contributed by atoms with van der Waals surface area (Å²) in [5, 5.41) is 13.2. The van der Waals surface area contributed by atoms with E-state index in [2.05, 4.69) is 41.5 Å². The number of hydrogen-bond acceptors (Lipinski definition) is 2. The van der Waals surface area contributed by atoms with E-state index >= 15 is 0 Å². The number of anilines is 1. The van der Waals surface area contributed by atoms with Crippen molar-refractivity contribution in [1.29, 1.82) is 5.26 Å². The Kier molecular flexibility index (Phi) is 3.77. The third-order valence-electron chi connectivity index (χ3n) is 4.97. The van der Waals surface area contributed by atoms with Gasteiger partial charge in [-0.3, -0.25) is 4.79 Å². The number of nitrogens with one attached hydrogen (secondary N) is 2. The molecule has 0 fully saturated rings. The van der Waals surface area contributed by atoms with Gasteiger partial charge >= 0.3 is 0 Å². The molecule has 3 aromatic rings. The number of aromatic amines is 1. The van der Waals surface area contributed by atoms with Gasteiger partial charge in [0.25, 0.3) is 0 Å². The van der Waals surface area contributed by atoms with Gasteiger partial charge in [0.2, 0.25) is 5.91 Å². The van der Waals surface area contributed by atoms with E-state index in [9.17, 15) is 4.79 Å². The molecule has 1 heterocycles. The minimum Gasteiger partial charge on any atom is -0.358 e. The Bertz CT molecular complexity index is 1010. The predicted molar refractivity (Wildman–Crippen MR) is 98.3 cm³/mol. The summed E-state index contributed by atoms with van der Waals surface area (Å²) in [7, 11) is 0. The molecule has 2 aromatic carbocycles. The molecular formula is C21H19N3O. The molecule has 0 aliphatic heterocycles. The first-order valence-corrected chi connectivity index (χ1v) is 8.55. The van der Waals surface area contributed by atoms with Gasteiger partial charge in [-0.05, 0) is 62.1 Å². The highest BCUT2D eigenvalue weighted by Crippen LogP contribution is 2.32. The third-order valence-corrected chi connectivity index (χ3v) is 4.97. The number of amides is 1. The first-order chi connectivity index (χ1) is 12.1. The minimum absolute atomic E-state index is 0.0303. The number of hydrogen-bond donors (Lipinski definition) is 2. The SMILES string of the molecule is Cc1ccc2[nH]c3c(c2c1)CC(C(=O)Nc1cccc(C#N)c1)CC3. The summed E-state index contributed by atoms with van der Waals surface area (Å²) >= 11 is 0. The van der Waals surface area contributed by atoms with Crippen molar-refractivity contribution < 1.29 is 4.79 Å². The molecule has 1 aromatic heterocycles. The number of carbonyl (C=O) groups is 1. The van der Waals surface area contributed by atoms with Crippen LogP contribution in [0.4, 0.5) is 5.69 Å². The third kappa shape index (κ3) is 2.89. The van der Waals surface area contributed by atoms with Gasteiger partial charge in [0.1, 0.15) is 0 Å². The van der Waals surface area contributed by atoms with Crippen LogP contribution >= 0.6 is 0 Å². The molecule has 0 spiro atoms. The summed E-state index contributed by atoms with van der Waals surface area (Å²) in [6, 6.07) is 15.6. The molecule has 1 aliphatic carbocycles. The Balaban J connectivity index is 1.57. The van der Waals surface area contributed by atoms with Crippen molar-refractivity contribution in [2.45, 2.75) is 26.2 Å². The Labute approximate surface area is 146 Å². The van der Waals surface area contributed by atoms with Crippen LogP contribution in [0.1, 0.15) is 28.8 Å². The van der Waals surface area contributed by atoms with Gasteiger partial charge in [-0.1, -0.05) is 17.7 Å². The number of benzene rings is 2. The molecule has 0 bridgehead atoms. The summed E-state index contributed by atoms with van der Waals surface area (Å²) in [4.78, 5) is 16.2. The molecule has 0 saturated heterocycles. The Morgan fingerprint density at radius 2 is 2.16 bits per heavy atom. The van der Waals surface area contributed by atoms with Crippen LogP contribution in [0.3, 0.4) is 0 Å². The number of carbonyl (C=O) groups excluding carboxylic acids is 1. The lowest BCUT2D eigenvalue weighted by Crippen LogP contribution is -2.28. The summed E-state index contributed by atoms with van der Waals surface area (Å²) in [6.07, 6.45) is 2.48. The zero-order valence-corrected chi connectivity index (χ0v) is 14.1. The number of H-pyrrole nitrogens is 1. The summed E-state index contributed by atoms with van der Waals surface area (Å²) in [6.45, 7) is 2.09. The number of nitriles is 1. The molecule has 4 heteroatoms. The van der Waals surface area contributed by atoms with E-state index in [0.717, 1.165) is 24.8 Å². The van der Waals surface area contributed by atoms with Crippen molar-refractivity contribution in [2.24, 2.45) is 5.92 Å². The van der Waals surface area contributed by atoms with Crippen LogP contribution in [0, 0.1) is 24.2 Å². The lowest BCUT2D eigenvalue weighted by atomic mass is 9.85. The molecule has 1 atom stereocenters. The van der Waals surface area contributed by atoms with E-state index in [1.54, 1.807) is 18.2 Å². The average molecular weight is 329 g/mol. The molecular weight excluding hydrogens is 310 g/mol. The number of aromatic nitrogens is 1. The van der Waals surface area contributed by atoms with Gasteiger partial charge in [0.15, 0.2) is 0 Å². The monoisotopic (exact) mass is 329 g/mol. The number of aryl methyl sites for hydroxylation is 2. The van der Waals surface area contributed by atoms with Gasteiger partial charge in [0.05, 0.1) is 11.6 Å². The van der Waals surface area contributed by atoms with Crippen LogP contribution in [0.15, 0.2) is 42.5 Å². The fraction of sp³-hybridized carbons (Fsp3) is 0.238. The highest BCUT2D eigenvalue weighted by molar-refractivity contribution is 5.94. The Morgan fingerprint density at radius 1 is 1.28 bits per heavy atom. The molecule has 1 amide bonds. The molecule has 25 heavy (non-hydrogen) atoms. The van der Waals surface area contributed by atoms with Crippen molar-refractivity contribution in [1.82, 2.24) is 4.98 Å². The molecule has 2 N–H and O–H groups in total. The standard InChI is InChI=1S/C21H19N3O/c1-13-5-7-19-17(9-13)18-11-15(6-8-20(18)24-19)21(25)23-16-4-2-3-14(10-16)12-22/h2-5,7,9-10,15,24H,6,8,11H2,1H3,(H,23,25). The van der Waals surface area contributed by atoms with Crippen LogP contribution < -0.4 is 5.32 Å². The molecule has 0 saturated carbocycles. The lowest BCUT2D eigenvalue weighted by Gasteiger charge is -2.22. The highest BCUT2D eigenvalue weighted by atomic mass is 16.1. The van der Waals surface area contributed by atoms with Crippen LogP contribution in [0.2, 0.25) is 0 Å². The summed E-state index contributed by atoms with van der Waals surface area (Å²) < 4.78 is 0. The van der Waals surface area contributed by atoms with Gasteiger partial charge in [-0.2, -0.15) is 5.26 Å². The van der Waals surface area contributed by atoms with Crippen molar-refractivity contribution in [3.8, 4) is 6.07 Å². The van der Waals surface area contributed by atoms with Gasteiger partial charge < -0.3 is 10.3 Å². The van der Waals surface area contributed by atoms with Crippen LogP contribution in [-0.2, 0) is 17.6 Å². The van der Waals surface area contributed by atoms with Crippen molar-refractivity contribution in [3.05, 3.63) is 64.8 Å². The zero-order chi connectivity index (χ0) is 17.4. The van der Waals surface area contributed by atoms with E-state index in [4.69, 9.17) is 5.26 Å². The predicted octanol–water partition coefficient (Wildman–Crippen LogP) is 4.09. The second kappa shape index (κ2) is 6.10. The second-order valence-electron chi connectivity index (χ2n) is 6.75. The smallest absolute Gasteiger partial charge is 0.227 e. The first kappa shape index (κ1) is 15.5. The maximum atomic E-state index is 12.7. The summed E-state index contributed by atoms with van der Waals surface area (Å²) in [5.74, 6) is -0.0134. The molecule has 4 rings (SSSR count). The van der Waals surface area contributed by atoms with Crippen molar-refractivity contribution in [3.63, 3.8) is 0 Å². The number of fused-ring (bicyclic) bond motifs is 3. The maximum absolute atomic E-state index is 12.7. The number of rotatable bonds is 2. The zero-order valence-electron chi connectivity index (χ0n) is 14.1. The fourth-order valence-electron chi connectivity index (χ4n) is 3.67. The van der Waals surface area contributed by atoms with Crippen molar-refractivity contribution in [2.75, 3.05) is 5.32 Å².